The number of benzene rings is 2. The second-order valence-corrected chi connectivity index (χ2v) is 4.81. The molecule has 0 spiro atoms. The fraction of sp³-hybridized carbons (Fsp3) is 0.0588. The van der Waals surface area contributed by atoms with E-state index < -0.39 is 0 Å². The Morgan fingerprint density at radius 3 is 2.73 bits per heavy atom. The summed E-state index contributed by atoms with van der Waals surface area (Å²) in [6.07, 6.45) is 3.67. The van der Waals surface area contributed by atoms with Crippen LogP contribution in [-0.4, -0.2) is 15.7 Å². The number of nitrogens with one attached hydrogen (secondary N) is 1. The summed E-state index contributed by atoms with van der Waals surface area (Å²) in [5.41, 5.74) is 8.91. The van der Waals surface area contributed by atoms with Gasteiger partial charge in [0.2, 0.25) is 0 Å². The van der Waals surface area contributed by atoms with Crippen LogP contribution in [-0.2, 0) is 6.54 Å². The van der Waals surface area contributed by atoms with Gasteiger partial charge in [-0.2, -0.15) is 5.10 Å². The molecule has 22 heavy (non-hydrogen) atoms. The van der Waals surface area contributed by atoms with Crippen LogP contribution in [0.25, 0.3) is 5.69 Å². The van der Waals surface area contributed by atoms with Crippen molar-refractivity contribution in [1.29, 1.82) is 0 Å². The summed E-state index contributed by atoms with van der Waals surface area (Å²) in [5, 5.41) is 7.29. The van der Waals surface area contributed by atoms with Crippen LogP contribution in [0.5, 0.6) is 0 Å². The number of nitrogens with zero attached hydrogens (tertiary/aromatic N) is 3. The molecule has 0 saturated carbocycles. The minimum absolute atomic E-state index is 0.399. The molecule has 0 aliphatic carbocycles. The molecule has 5 nitrogen and oxygen atoms in total. The molecule has 3 N–H and O–H groups in total. The van der Waals surface area contributed by atoms with Gasteiger partial charge in [-0.15, -0.1) is 0 Å². The van der Waals surface area contributed by atoms with E-state index in [1.165, 1.54) is 0 Å². The Bertz CT molecular complexity index is 748. The molecule has 0 atom stereocenters. The van der Waals surface area contributed by atoms with E-state index in [4.69, 9.17) is 5.73 Å². The molecular formula is C17H17N5. The van der Waals surface area contributed by atoms with Crippen molar-refractivity contribution in [2.75, 3.05) is 5.32 Å². The zero-order valence-electron chi connectivity index (χ0n) is 12.1. The first kappa shape index (κ1) is 13.9. The van der Waals surface area contributed by atoms with Crippen LogP contribution < -0.4 is 11.1 Å². The topological polar surface area (TPSA) is 68.2 Å². The van der Waals surface area contributed by atoms with Crippen LogP contribution in [0.1, 0.15) is 5.56 Å². The van der Waals surface area contributed by atoms with Gasteiger partial charge in [0, 0.05) is 18.1 Å². The number of rotatable bonds is 4. The number of hydrogen-bond acceptors (Lipinski definition) is 2. The minimum Gasteiger partial charge on any atom is -0.370 e. The van der Waals surface area contributed by atoms with Crippen LogP contribution in [0, 0.1) is 0 Å². The van der Waals surface area contributed by atoms with Crippen LogP contribution in [0.15, 0.2) is 78.0 Å². The van der Waals surface area contributed by atoms with Gasteiger partial charge < -0.3 is 11.1 Å². The minimum atomic E-state index is 0.399. The lowest BCUT2D eigenvalue weighted by atomic mass is 10.2. The number of guanidine groups is 1. The van der Waals surface area contributed by atoms with E-state index in [9.17, 15) is 0 Å². The molecule has 3 rings (SSSR count). The largest absolute Gasteiger partial charge is 0.370 e. The standard InChI is InChI=1S/C17H17N5/c18-17(21-15-7-2-1-3-8-15)19-13-14-6-4-9-16(12-14)22-11-5-10-20-22/h1-12H,13H2,(H3,18,19,21). The van der Waals surface area contributed by atoms with Crippen molar-refractivity contribution < 1.29 is 0 Å². The zero-order valence-corrected chi connectivity index (χ0v) is 12.1. The van der Waals surface area contributed by atoms with Gasteiger partial charge in [-0.3, -0.25) is 0 Å². The Morgan fingerprint density at radius 1 is 1.09 bits per heavy atom. The Morgan fingerprint density at radius 2 is 1.95 bits per heavy atom. The highest BCUT2D eigenvalue weighted by atomic mass is 15.3. The maximum absolute atomic E-state index is 5.91. The number of aliphatic imine (C=N–C) groups is 1. The number of hydrogen-bond donors (Lipinski definition) is 2. The van der Waals surface area contributed by atoms with E-state index in [2.05, 4.69) is 15.4 Å². The molecule has 1 aromatic heterocycles. The summed E-state index contributed by atoms with van der Waals surface area (Å²) >= 11 is 0. The summed E-state index contributed by atoms with van der Waals surface area (Å²) in [6.45, 7) is 0.515. The van der Waals surface area contributed by atoms with Gasteiger partial charge in [0.15, 0.2) is 5.96 Å². The number of anilines is 1. The molecule has 0 bridgehead atoms. The maximum atomic E-state index is 5.91. The first-order valence-electron chi connectivity index (χ1n) is 7.02. The summed E-state index contributed by atoms with van der Waals surface area (Å²) in [7, 11) is 0. The molecule has 0 saturated heterocycles. The van der Waals surface area contributed by atoms with E-state index >= 15 is 0 Å². The lowest BCUT2D eigenvalue weighted by Crippen LogP contribution is -2.22. The molecule has 0 aliphatic rings. The summed E-state index contributed by atoms with van der Waals surface area (Å²) in [5.74, 6) is 0.399. The Kier molecular flexibility index (Phi) is 4.15. The Balaban J connectivity index is 1.68. The van der Waals surface area contributed by atoms with Crippen LogP contribution >= 0.6 is 0 Å². The van der Waals surface area contributed by atoms with Crippen molar-refractivity contribution in [2.24, 2.45) is 10.7 Å². The van der Waals surface area contributed by atoms with Crippen molar-refractivity contribution in [3.05, 3.63) is 78.6 Å². The van der Waals surface area contributed by atoms with Gasteiger partial charge in [-0.25, -0.2) is 9.67 Å². The maximum Gasteiger partial charge on any atom is 0.193 e. The van der Waals surface area contributed by atoms with Gasteiger partial charge in [-0.1, -0.05) is 30.3 Å². The van der Waals surface area contributed by atoms with Gasteiger partial charge in [0.05, 0.1) is 12.2 Å². The average molecular weight is 291 g/mol. The first-order chi connectivity index (χ1) is 10.8. The molecular weight excluding hydrogens is 274 g/mol. The van der Waals surface area contributed by atoms with E-state index in [0.29, 0.717) is 12.5 Å². The highest BCUT2D eigenvalue weighted by Crippen LogP contribution is 2.11. The van der Waals surface area contributed by atoms with E-state index in [-0.39, 0.29) is 0 Å². The summed E-state index contributed by atoms with van der Waals surface area (Å²) < 4.78 is 1.82. The Hall–Kier alpha value is -3.08. The van der Waals surface area contributed by atoms with Gasteiger partial charge >= 0.3 is 0 Å². The van der Waals surface area contributed by atoms with Crippen LogP contribution in [0.3, 0.4) is 0 Å². The molecule has 0 fully saturated rings. The SMILES string of the molecule is NC(=NCc1cccc(-n2cccn2)c1)Nc1ccccc1. The fourth-order valence-corrected chi connectivity index (χ4v) is 2.10. The van der Waals surface area contributed by atoms with E-state index in [1.54, 1.807) is 6.20 Å². The summed E-state index contributed by atoms with van der Waals surface area (Å²) in [6, 6.07) is 19.7. The van der Waals surface area contributed by atoms with Crippen molar-refractivity contribution in [2.45, 2.75) is 6.54 Å². The smallest absolute Gasteiger partial charge is 0.193 e. The number of nitrogens with two attached hydrogens (primary N) is 1. The molecule has 0 amide bonds. The molecule has 1 heterocycles. The van der Waals surface area contributed by atoms with Gasteiger partial charge in [0.25, 0.3) is 0 Å². The highest BCUT2D eigenvalue weighted by Gasteiger charge is 1.99. The van der Waals surface area contributed by atoms with Crippen LogP contribution in [0.4, 0.5) is 5.69 Å². The third-order valence-corrected chi connectivity index (χ3v) is 3.16. The third-order valence-electron chi connectivity index (χ3n) is 3.16. The molecule has 2 aromatic carbocycles. The van der Waals surface area contributed by atoms with Gasteiger partial charge in [0.1, 0.15) is 0 Å². The molecule has 0 aliphatic heterocycles. The normalized spacial score (nSPS) is 11.4. The second kappa shape index (κ2) is 6.58. The number of aromatic nitrogens is 2. The highest BCUT2D eigenvalue weighted by molar-refractivity contribution is 5.92. The molecule has 0 radical (unpaired) electrons. The monoisotopic (exact) mass is 291 g/mol. The van der Waals surface area contributed by atoms with Crippen LogP contribution in [0.2, 0.25) is 0 Å². The summed E-state index contributed by atoms with van der Waals surface area (Å²) in [4.78, 5) is 4.37. The van der Waals surface area contributed by atoms with Crippen molar-refractivity contribution in [3.8, 4) is 5.69 Å². The lowest BCUT2D eigenvalue weighted by molar-refractivity contribution is 0.876. The van der Waals surface area contributed by atoms with Gasteiger partial charge in [-0.05, 0) is 35.9 Å². The van der Waals surface area contributed by atoms with E-state index in [1.807, 2.05) is 71.5 Å². The van der Waals surface area contributed by atoms with E-state index in [0.717, 1.165) is 16.9 Å². The average Bonchev–Trinajstić information content (AvgIpc) is 3.09. The Labute approximate surface area is 129 Å². The second-order valence-electron chi connectivity index (χ2n) is 4.81. The zero-order chi connectivity index (χ0) is 15.2. The quantitative estimate of drug-likeness (QED) is 0.573. The number of para-hydroxylation sites is 1. The third kappa shape index (κ3) is 3.52. The predicted octanol–water partition coefficient (Wildman–Crippen LogP) is 2.80. The first-order valence-corrected chi connectivity index (χ1v) is 7.02. The molecule has 0 unspecified atom stereocenters. The lowest BCUT2D eigenvalue weighted by Gasteiger charge is -2.06. The van der Waals surface area contributed by atoms with Crippen molar-refractivity contribution >= 4 is 11.6 Å². The fourth-order valence-electron chi connectivity index (χ4n) is 2.10. The van der Waals surface area contributed by atoms with Crippen molar-refractivity contribution in [3.63, 3.8) is 0 Å². The molecule has 3 aromatic rings. The predicted molar refractivity (Wildman–Crippen MR) is 89.0 cm³/mol. The molecule has 5 heteroatoms. The molecule has 110 valence electrons. The van der Waals surface area contributed by atoms with Crippen molar-refractivity contribution in [1.82, 2.24) is 9.78 Å².